The standard InChI is InChI=1S/C15H12N4O2S/c1-9(20)17-15-19-13(8-22-15)14(21)18-12-6-2-5-11-10(12)4-3-7-16-11/h2-8H,1H3,(H,18,21)(H,17,19,20). The van der Waals surface area contributed by atoms with Crippen LogP contribution >= 0.6 is 11.3 Å². The van der Waals surface area contributed by atoms with E-state index in [1.165, 1.54) is 18.3 Å². The lowest BCUT2D eigenvalue weighted by molar-refractivity contribution is -0.114. The summed E-state index contributed by atoms with van der Waals surface area (Å²) in [5.74, 6) is -0.550. The molecule has 22 heavy (non-hydrogen) atoms. The van der Waals surface area contributed by atoms with Crippen LogP contribution in [0.4, 0.5) is 10.8 Å². The van der Waals surface area contributed by atoms with E-state index in [-0.39, 0.29) is 17.5 Å². The first-order valence-corrected chi connectivity index (χ1v) is 7.39. The Kier molecular flexibility index (Phi) is 3.80. The average Bonchev–Trinajstić information content (AvgIpc) is 2.95. The number of aromatic nitrogens is 2. The number of carbonyl (C=O) groups is 2. The van der Waals surface area contributed by atoms with Gasteiger partial charge in [0, 0.05) is 23.9 Å². The van der Waals surface area contributed by atoms with Crippen LogP contribution in [0.15, 0.2) is 41.9 Å². The van der Waals surface area contributed by atoms with Gasteiger partial charge in [-0.15, -0.1) is 11.3 Å². The molecular weight excluding hydrogens is 300 g/mol. The Balaban J connectivity index is 1.84. The summed E-state index contributed by atoms with van der Waals surface area (Å²) < 4.78 is 0. The maximum Gasteiger partial charge on any atom is 0.275 e. The molecule has 0 unspecified atom stereocenters. The number of fused-ring (bicyclic) bond motifs is 1. The third-order valence-electron chi connectivity index (χ3n) is 2.91. The molecule has 7 heteroatoms. The number of anilines is 2. The lowest BCUT2D eigenvalue weighted by Gasteiger charge is -2.06. The van der Waals surface area contributed by atoms with Crippen LogP contribution in [0.5, 0.6) is 0 Å². The number of thiazole rings is 1. The molecule has 0 bridgehead atoms. The molecule has 0 atom stereocenters. The van der Waals surface area contributed by atoms with Crippen molar-refractivity contribution >= 4 is 44.9 Å². The SMILES string of the molecule is CC(=O)Nc1nc(C(=O)Nc2cccc3ncccc23)cs1. The largest absolute Gasteiger partial charge is 0.320 e. The van der Waals surface area contributed by atoms with Crippen molar-refractivity contribution in [1.82, 2.24) is 9.97 Å². The van der Waals surface area contributed by atoms with Crippen molar-refractivity contribution in [1.29, 1.82) is 0 Å². The first kappa shape index (κ1) is 14.2. The van der Waals surface area contributed by atoms with Crippen LogP contribution in [0.2, 0.25) is 0 Å². The monoisotopic (exact) mass is 312 g/mol. The Labute approximate surface area is 130 Å². The zero-order valence-corrected chi connectivity index (χ0v) is 12.5. The van der Waals surface area contributed by atoms with Crippen molar-refractivity contribution in [2.24, 2.45) is 0 Å². The molecule has 6 nitrogen and oxygen atoms in total. The molecule has 2 heterocycles. The molecule has 0 saturated heterocycles. The van der Waals surface area contributed by atoms with Crippen molar-refractivity contribution in [3.8, 4) is 0 Å². The highest BCUT2D eigenvalue weighted by Gasteiger charge is 2.13. The zero-order valence-electron chi connectivity index (χ0n) is 11.7. The van der Waals surface area contributed by atoms with Crippen molar-refractivity contribution < 1.29 is 9.59 Å². The lowest BCUT2D eigenvalue weighted by Crippen LogP contribution is -2.13. The Hall–Kier alpha value is -2.80. The Morgan fingerprint density at radius 3 is 2.82 bits per heavy atom. The highest BCUT2D eigenvalue weighted by Crippen LogP contribution is 2.22. The minimum Gasteiger partial charge on any atom is -0.320 e. The number of hydrogen-bond donors (Lipinski definition) is 2. The molecule has 2 amide bonds. The molecule has 0 saturated carbocycles. The molecule has 1 aromatic carbocycles. The number of benzene rings is 1. The van der Waals surface area contributed by atoms with Gasteiger partial charge in [-0.25, -0.2) is 4.98 Å². The number of rotatable bonds is 3. The highest BCUT2D eigenvalue weighted by atomic mass is 32.1. The summed E-state index contributed by atoms with van der Waals surface area (Å²) in [7, 11) is 0. The summed E-state index contributed by atoms with van der Waals surface area (Å²) in [5.41, 5.74) is 1.73. The summed E-state index contributed by atoms with van der Waals surface area (Å²) in [6, 6.07) is 9.22. The number of amides is 2. The molecule has 0 fully saturated rings. The van der Waals surface area contributed by atoms with Crippen LogP contribution in [-0.2, 0) is 4.79 Å². The second-order valence-corrected chi connectivity index (χ2v) is 5.41. The normalized spacial score (nSPS) is 10.4. The minimum absolute atomic E-state index is 0.221. The van der Waals surface area contributed by atoms with Crippen LogP contribution in [-0.4, -0.2) is 21.8 Å². The van der Waals surface area contributed by atoms with Crippen LogP contribution in [0, 0.1) is 0 Å². The molecule has 0 aliphatic heterocycles. The summed E-state index contributed by atoms with van der Waals surface area (Å²) in [4.78, 5) is 31.6. The fraction of sp³-hybridized carbons (Fsp3) is 0.0667. The predicted octanol–water partition coefficient (Wildman–Crippen LogP) is 2.90. The molecular formula is C15H12N4O2S. The third kappa shape index (κ3) is 2.94. The van der Waals surface area contributed by atoms with Gasteiger partial charge in [-0.3, -0.25) is 14.6 Å². The summed E-state index contributed by atoms with van der Waals surface area (Å²) in [5, 5.41) is 8.23. The van der Waals surface area contributed by atoms with Gasteiger partial charge in [0.25, 0.3) is 5.91 Å². The second kappa shape index (κ2) is 5.90. The Morgan fingerprint density at radius 1 is 1.14 bits per heavy atom. The first-order valence-electron chi connectivity index (χ1n) is 6.52. The highest BCUT2D eigenvalue weighted by molar-refractivity contribution is 7.14. The topological polar surface area (TPSA) is 84.0 Å². The molecule has 0 aliphatic rings. The average molecular weight is 312 g/mol. The van der Waals surface area contributed by atoms with E-state index in [9.17, 15) is 9.59 Å². The fourth-order valence-corrected chi connectivity index (χ4v) is 2.72. The van der Waals surface area contributed by atoms with Gasteiger partial charge in [0.2, 0.25) is 5.91 Å². The van der Waals surface area contributed by atoms with E-state index < -0.39 is 0 Å². The van der Waals surface area contributed by atoms with Gasteiger partial charge in [-0.2, -0.15) is 0 Å². The Morgan fingerprint density at radius 2 is 2.00 bits per heavy atom. The zero-order chi connectivity index (χ0) is 15.5. The number of nitrogens with one attached hydrogen (secondary N) is 2. The van der Waals surface area contributed by atoms with E-state index in [1.54, 1.807) is 11.6 Å². The quantitative estimate of drug-likeness (QED) is 0.779. The van der Waals surface area contributed by atoms with E-state index in [4.69, 9.17) is 0 Å². The lowest BCUT2D eigenvalue weighted by atomic mass is 10.2. The number of pyridine rings is 1. The molecule has 2 N–H and O–H groups in total. The predicted molar refractivity (Wildman–Crippen MR) is 86.1 cm³/mol. The van der Waals surface area contributed by atoms with Gasteiger partial charge >= 0.3 is 0 Å². The molecule has 0 radical (unpaired) electrons. The van der Waals surface area contributed by atoms with Gasteiger partial charge in [0.05, 0.1) is 11.2 Å². The van der Waals surface area contributed by atoms with Crippen molar-refractivity contribution in [2.75, 3.05) is 10.6 Å². The third-order valence-corrected chi connectivity index (χ3v) is 3.67. The Bertz CT molecular complexity index is 854. The molecule has 0 aliphatic carbocycles. The molecule has 3 rings (SSSR count). The molecule has 0 spiro atoms. The van der Waals surface area contributed by atoms with Crippen LogP contribution in [0.25, 0.3) is 10.9 Å². The molecule has 2 aromatic heterocycles. The van der Waals surface area contributed by atoms with Crippen molar-refractivity contribution in [3.63, 3.8) is 0 Å². The van der Waals surface area contributed by atoms with Gasteiger partial charge in [-0.1, -0.05) is 6.07 Å². The molecule has 3 aromatic rings. The van der Waals surface area contributed by atoms with Gasteiger partial charge in [0.15, 0.2) is 5.13 Å². The van der Waals surface area contributed by atoms with E-state index in [0.29, 0.717) is 10.8 Å². The minimum atomic E-state index is -0.329. The maximum atomic E-state index is 12.3. The summed E-state index contributed by atoms with van der Waals surface area (Å²) in [6.07, 6.45) is 1.70. The van der Waals surface area contributed by atoms with Crippen LogP contribution in [0.1, 0.15) is 17.4 Å². The molecule has 110 valence electrons. The second-order valence-electron chi connectivity index (χ2n) is 4.55. The van der Waals surface area contributed by atoms with Crippen LogP contribution < -0.4 is 10.6 Å². The summed E-state index contributed by atoms with van der Waals surface area (Å²) in [6.45, 7) is 1.39. The summed E-state index contributed by atoms with van der Waals surface area (Å²) >= 11 is 1.20. The van der Waals surface area contributed by atoms with Gasteiger partial charge in [0.1, 0.15) is 5.69 Å². The number of hydrogen-bond acceptors (Lipinski definition) is 5. The number of carbonyl (C=O) groups excluding carboxylic acids is 2. The first-order chi connectivity index (χ1) is 10.6. The van der Waals surface area contributed by atoms with Gasteiger partial charge < -0.3 is 10.6 Å². The van der Waals surface area contributed by atoms with E-state index in [2.05, 4.69) is 20.6 Å². The van der Waals surface area contributed by atoms with Crippen molar-refractivity contribution in [2.45, 2.75) is 6.92 Å². The fourth-order valence-electron chi connectivity index (χ4n) is 1.98. The number of nitrogens with zero attached hydrogens (tertiary/aromatic N) is 2. The van der Waals surface area contributed by atoms with Crippen molar-refractivity contribution in [3.05, 3.63) is 47.6 Å². The van der Waals surface area contributed by atoms with E-state index in [0.717, 1.165) is 10.9 Å². The van der Waals surface area contributed by atoms with E-state index >= 15 is 0 Å². The smallest absolute Gasteiger partial charge is 0.275 e. The van der Waals surface area contributed by atoms with Crippen LogP contribution in [0.3, 0.4) is 0 Å². The van der Waals surface area contributed by atoms with Gasteiger partial charge in [-0.05, 0) is 24.3 Å². The van der Waals surface area contributed by atoms with E-state index in [1.807, 2.05) is 30.3 Å². The maximum absolute atomic E-state index is 12.3.